The minimum Gasteiger partial charge on any atom is -0.377 e. The average molecular weight is 290 g/mol. The normalized spacial score (nSPS) is 21.8. The molecule has 2 heterocycles. The van der Waals surface area contributed by atoms with Crippen LogP contribution in [0, 0.1) is 0 Å². The summed E-state index contributed by atoms with van der Waals surface area (Å²) in [6.07, 6.45) is 4.19. The van der Waals surface area contributed by atoms with E-state index in [0.717, 1.165) is 19.7 Å². The molecule has 0 bridgehead atoms. The van der Waals surface area contributed by atoms with Crippen LogP contribution >= 0.6 is 27.3 Å². The first-order valence-electron chi connectivity index (χ1n) is 5.41. The molecule has 84 valence electrons. The highest BCUT2D eigenvalue weighted by Gasteiger charge is 2.12. The predicted molar refractivity (Wildman–Crippen MR) is 67.3 cm³/mol. The Kier molecular flexibility index (Phi) is 4.62. The van der Waals surface area contributed by atoms with Gasteiger partial charge >= 0.3 is 0 Å². The smallest absolute Gasteiger partial charge is 0.0701 e. The van der Waals surface area contributed by atoms with Gasteiger partial charge in [0.1, 0.15) is 0 Å². The Morgan fingerprint density at radius 1 is 1.47 bits per heavy atom. The first-order valence-corrected chi connectivity index (χ1v) is 7.02. The maximum atomic E-state index is 5.65. The lowest BCUT2D eigenvalue weighted by Crippen LogP contribution is -2.31. The van der Waals surface area contributed by atoms with Gasteiger partial charge in [-0.2, -0.15) is 0 Å². The van der Waals surface area contributed by atoms with Crippen molar-refractivity contribution in [3.63, 3.8) is 0 Å². The fourth-order valence-corrected chi connectivity index (χ4v) is 3.22. The highest BCUT2D eigenvalue weighted by molar-refractivity contribution is 9.11. The summed E-state index contributed by atoms with van der Waals surface area (Å²) in [6.45, 7) is 2.88. The van der Waals surface area contributed by atoms with Crippen LogP contribution in [0.3, 0.4) is 0 Å². The van der Waals surface area contributed by atoms with E-state index < -0.39 is 0 Å². The van der Waals surface area contributed by atoms with Gasteiger partial charge in [-0.3, -0.25) is 0 Å². The van der Waals surface area contributed by atoms with Gasteiger partial charge in [0.05, 0.1) is 9.89 Å². The number of ether oxygens (including phenoxy) is 1. The molecule has 0 aromatic carbocycles. The highest BCUT2D eigenvalue weighted by atomic mass is 79.9. The first kappa shape index (κ1) is 11.6. The zero-order chi connectivity index (χ0) is 10.5. The van der Waals surface area contributed by atoms with E-state index in [-0.39, 0.29) is 0 Å². The summed E-state index contributed by atoms with van der Waals surface area (Å²) in [4.78, 5) is 1.37. The molecule has 1 saturated heterocycles. The molecule has 0 spiro atoms. The average Bonchev–Trinajstić information content (AvgIpc) is 2.66. The Balaban J connectivity index is 1.65. The molecule has 15 heavy (non-hydrogen) atoms. The maximum Gasteiger partial charge on any atom is 0.0701 e. The number of thiophene rings is 1. The molecule has 1 aliphatic rings. The number of rotatable bonds is 4. The van der Waals surface area contributed by atoms with Crippen LogP contribution in [-0.2, 0) is 11.3 Å². The van der Waals surface area contributed by atoms with Gasteiger partial charge in [0.25, 0.3) is 0 Å². The van der Waals surface area contributed by atoms with Crippen molar-refractivity contribution in [2.45, 2.75) is 31.9 Å². The second-order valence-corrected chi connectivity index (χ2v) is 6.37. The fourth-order valence-electron chi connectivity index (χ4n) is 1.77. The minimum absolute atomic E-state index is 0.433. The lowest BCUT2D eigenvalue weighted by Gasteiger charge is -2.22. The van der Waals surface area contributed by atoms with Crippen molar-refractivity contribution in [1.29, 1.82) is 0 Å². The van der Waals surface area contributed by atoms with E-state index in [4.69, 9.17) is 4.74 Å². The van der Waals surface area contributed by atoms with Crippen molar-refractivity contribution < 1.29 is 4.74 Å². The molecule has 2 rings (SSSR count). The van der Waals surface area contributed by atoms with Crippen LogP contribution in [0.1, 0.15) is 24.1 Å². The van der Waals surface area contributed by atoms with E-state index in [0.29, 0.717) is 6.10 Å². The molecule has 4 heteroatoms. The van der Waals surface area contributed by atoms with E-state index in [9.17, 15) is 0 Å². The van der Waals surface area contributed by atoms with Crippen LogP contribution in [0.25, 0.3) is 0 Å². The van der Waals surface area contributed by atoms with E-state index >= 15 is 0 Å². The summed E-state index contributed by atoms with van der Waals surface area (Å²) in [5.74, 6) is 0. The quantitative estimate of drug-likeness (QED) is 0.919. The molecule has 0 aliphatic carbocycles. The van der Waals surface area contributed by atoms with Crippen molar-refractivity contribution in [3.05, 3.63) is 20.8 Å². The molecule has 0 saturated carbocycles. The van der Waals surface area contributed by atoms with E-state index in [1.807, 2.05) is 0 Å². The number of hydrogen-bond donors (Lipinski definition) is 1. The zero-order valence-corrected chi connectivity index (χ0v) is 11.1. The molecule has 0 radical (unpaired) electrons. The van der Waals surface area contributed by atoms with Crippen molar-refractivity contribution >= 4 is 27.3 Å². The van der Waals surface area contributed by atoms with Gasteiger partial charge in [-0.25, -0.2) is 0 Å². The molecule has 1 unspecified atom stereocenters. The van der Waals surface area contributed by atoms with E-state index in [1.165, 1.54) is 27.9 Å². The second-order valence-electron chi connectivity index (χ2n) is 3.83. The molecule has 2 nitrogen and oxygen atoms in total. The van der Waals surface area contributed by atoms with Crippen LogP contribution in [0.2, 0.25) is 0 Å². The molecule has 0 amide bonds. The Morgan fingerprint density at radius 2 is 2.40 bits per heavy atom. The third kappa shape index (κ3) is 3.87. The Bertz CT molecular complexity index is 297. The second kappa shape index (κ2) is 5.99. The van der Waals surface area contributed by atoms with Gasteiger partial charge in [0.15, 0.2) is 0 Å². The molecule has 1 aliphatic heterocycles. The molecular formula is C11H16BrNOS. The molecule has 1 aromatic heterocycles. The fraction of sp³-hybridized carbons (Fsp3) is 0.636. The number of halogens is 1. The number of hydrogen-bond acceptors (Lipinski definition) is 3. The molecule has 1 fully saturated rings. The molecule has 1 N–H and O–H groups in total. The summed E-state index contributed by atoms with van der Waals surface area (Å²) in [7, 11) is 0. The van der Waals surface area contributed by atoms with Crippen LogP contribution in [0.4, 0.5) is 0 Å². The van der Waals surface area contributed by atoms with Crippen LogP contribution in [0.15, 0.2) is 15.9 Å². The monoisotopic (exact) mass is 289 g/mol. The number of nitrogens with one attached hydrogen (secondary N) is 1. The summed E-state index contributed by atoms with van der Waals surface area (Å²) in [5.41, 5.74) is 0. The van der Waals surface area contributed by atoms with Gasteiger partial charge in [-0.1, -0.05) is 0 Å². The first-order chi connectivity index (χ1) is 7.34. The van der Waals surface area contributed by atoms with Crippen molar-refractivity contribution in [3.8, 4) is 0 Å². The van der Waals surface area contributed by atoms with Crippen LogP contribution < -0.4 is 5.32 Å². The Hall–Kier alpha value is 0.1000. The summed E-state index contributed by atoms with van der Waals surface area (Å²) in [6, 6.07) is 4.25. The van der Waals surface area contributed by atoms with E-state index in [1.54, 1.807) is 11.3 Å². The predicted octanol–water partition coefficient (Wildman–Crippen LogP) is 3.17. The molecule has 1 aromatic rings. The SMILES string of the molecule is Brc1ccc(CNCC2CCCCO2)s1. The summed E-state index contributed by atoms with van der Waals surface area (Å²) < 4.78 is 6.85. The Morgan fingerprint density at radius 3 is 3.07 bits per heavy atom. The minimum atomic E-state index is 0.433. The topological polar surface area (TPSA) is 21.3 Å². The molecular weight excluding hydrogens is 274 g/mol. The molecule has 1 atom stereocenters. The van der Waals surface area contributed by atoms with Crippen molar-refractivity contribution in [2.24, 2.45) is 0 Å². The van der Waals surface area contributed by atoms with Gasteiger partial charge in [0.2, 0.25) is 0 Å². The summed E-state index contributed by atoms with van der Waals surface area (Å²) >= 11 is 5.25. The van der Waals surface area contributed by atoms with Crippen LogP contribution in [-0.4, -0.2) is 19.3 Å². The lowest BCUT2D eigenvalue weighted by molar-refractivity contribution is 0.0168. The van der Waals surface area contributed by atoms with E-state index in [2.05, 4.69) is 33.4 Å². The maximum absolute atomic E-state index is 5.65. The van der Waals surface area contributed by atoms with Crippen molar-refractivity contribution in [2.75, 3.05) is 13.2 Å². The lowest BCUT2D eigenvalue weighted by atomic mass is 10.1. The van der Waals surface area contributed by atoms with Crippen LogP contribution in [0.5, 0.6) is 0 Å². The third-order valence-corrected chi connectivity index (χ3v) is 4.20. The van der Waals surface area contributed by atoms with Gasteiger partial charge in [0, 0.05) is 24.6 Å². The summed E-state index contributed by atoms with van der Waals surface area (Å²) in [5, 5.41) is 3.45. The Labute approximate surface area is 103 Å². The van der Waals surface area contributed by atoms with Gasteiger partial charge in [-0.15, -0.1) is 11.3 Å². The van der Waals surface area contributed by atoms with Gasteiger partial charge < -0.3 is 10.1 Å². The zero-order valence-electron chi connectivity index (χ0n) is 8.67. The standard InChI is InChI=1S/C11H16BrNOS/c12-11-5-4-10(15-11)8-13-7-9-3-1-2-6-14-9/h4-5,9,13H,1-3,6-8H2. The third-order valence-electron chi connectivity index (χ3n) is 2.57. The van der Waals surface area contributed by atoms with Crippen molar-refractivity contribution in [1.82, 2.24) is 5.32 Å². The van der Waals surface area contributed by atoms with Gasteiger partial charge in [-0.05, 0) is 47.3 Å². The largest absolute Gasteiger partial charge is 0.377 e. The highest BCUT2D eigenvalue weighted by Crippen LogP contribution is 2.21.